The van der Waals surface area contributed by atoms with Crippen LogP contribution in [0.25, 0.3) is 11.4 Å². The smallest absolute Gasteiger partial charge is 0.245 e. The molecule has 0 aliphatic carbocycles. The number of halogens is 1. The summed E-state index contributed by atoms with van der Waals surface area (Å²) in [5.74, 6) is 1.64. The van der Waals surface area contributed by atoms with E-state index in [9.17, 15) is 0 Å². The third kappa shape index (κ3) is 2.84. The fraction of sp³-hybridized carbons (Fsp3) is 0.538. The van der Waals surface area contributed by atoms with Crippen LogP contribution in [0.3, 0.4) is 0 Å². The average molecular weight is 403 g/mol. The second kappa shape index (κ2) is 5.61. The fourth-order valence-corrected chi connectivity index (χ4v) is 3.94. The molecule has 0 bridgehead atoms. The summed E-state index contributed by atoms with van der Waals surface area (Å²) in [5.41, 5.74) is 7.19. The molecule has 1 atom stereocenters. The summed E-state index contributed by atoms with van der Waals surface area (Å²) in [6.45, 7) is 4.90. The number of nitrogens with one attached hydrogen (secondary N) is 1. The van der Waals surface area contributed by atoms with Crippen molar-refractivity contribution >= 4 is 39.9 Å². The molecule has 0 spiro atoms. The highest BCUT2D eigenvalue weighted by Gasteiger charge is 2.31. The second-order valence-corrected chi connectivity index (χ2v) is 8.47. The van der Waals surface area contributed by atoms with Gasteiger partial charge in [-0.2, -0.15) is 4.98 Å². The van der Waals surface area contributed by atoms with Gasteiger partial charge in [-0.15, -0.1) is 16.4 Å². The van der Waals surface area contributed by atoms with Crippen LogP contribution in [-0.2, 0) is 0 Å². The van der Waals surface area contributed by atoms with E-state index >= 15 is 0 Å². The summed E-state index contributed by atoms with van der Waals surface area (Å²) in [6, 6.07) is 2.12. The molecule has 108 valence electrons. The van der Waals surface area contributed by atoms with E-state index in [4.69, 9.17) is 5.73 Å². The van der Waals surface area contributed by atoms with Crippen LogP contribution in [0.1, 0.15) is 19.8 Å². The molecular formula is C13H18IN5S. The number of hydrogen-bond acceptors (Lipinski definition) is 5. The molecule has 5 nitrogen and oxygen atoms in total. The standard InChI is InChI=1S/C13H18IN5S/c1-13(7-15)3-2-4-19(8-13)12-16-11(17-18-12)9-5-10(14)20-6-9/h5-6H,2-4,7-8,15H2,1H3,(H,16,17,18). The van der Waals surface area contributed by atoms with E-state index in [0.717, 1.165) is 36.8 Å². The number of aromatic nitrogens is 3. The number of piperidine rings is 1. The average Bonchev–Trinajstić information content (AvgIpc) is 3.07. The van der Waals surface area contributed by atoms with E-state index in [1.807, 2.05) is 0 Å². The Balaban J connectivity index is 1.80. The third-order valence-electron chi connectivity index (χ3n) is 3.87. The Morgan fingerprint density at radius 3 is 3.15 bits per heavy atom. The van der Waals surface area contributed by atoms with Crippen molar-refractivity contribution in [1.82, 2.24) is 15.2 Å². The molecule has 20 heavy (non-hydrogen) atoms. The maximum Gasteiger partial charge on any atom is 0.245 e. The normalized spacial score (nSPS) is 23.2. The van der Waals surface area contributed by atoms with Gasteiger partial charge in [-0.3, -0.25) is 5.10 Å². The molecule has 0 aromatic carbocycles. The van der Waals surface area contributed by atoms with Crippen molar-refractivity contribution in [3.8, 4) is 11.4 Å². The molecular weight excluding hydrogens is 385 g/mol. The van der Waals surface area contributed by atoms with Gasteiger partial charge < -0.3 is 10.6 Å². The minimum atomic E-state index is 0.177. The lowest BCUT2D eigenvalue weighted by molar-refractivity contribution is 0.270. The van der Waals surface area contributed by atoms with Crippen LogP contribution >= 0.6 is 33.9 Å². The van der Waals surface area contributed by atoms with Crippen LogP contribution in [0.15, 0.2) is 11.4 Å². The lowest BCUT2D eigenvalue weighted by atomic mass is 9.82. The molecule has 1 unspecified atom stereocenters. The van der Waals surface area contributed by atoms with E-state index in [1.165, 1.54) is 9.30 Å². The zero-order valence-electron chi connectivity index (χ0n) is 11.4. The molecule has 1 saturated heterocycles. The molecule has 1 fully saturated rings. The van der Waals surface area contributed by atoms with Gasteiger partial charge in [0.05, 0.1) is 2.88 Å². The van der Waals surface area contributed by atoms with Gasteiger partial charge >= 0.3 is 0 Å². The van der Waals surface area contributed by atoms with E-state index in [0.29, 0.717) is 6.54 Å². The van der Waals surface area contributed by atoms with Gasteiger partial charge in [0.25, 0.3) is 0 Å². The number of anilines is 1. The second-order valence-electron chi connectivity index (χ2n) is 5.66. The van der Waals surface area contributed by atoms with Gasteiger partial charge in [0.1, 0.15) is 0 Å². The summed E-state index contributed by atoms with van der Waals surface area (Å²) in [6.07, 6.45) is 2.33. The number of nitrogens with two attached hydrogens (primary N) is 1. The fourth-order valence-electron chi connectivity index (χ4n) is 2.61. The van der Waals surface area contributed by atoms with Gasteiger partial charge in [-0.1, -0.05) is 6.92 Å². The summed E-state index contributed by atoms with van der Waals surface area (Å²) < 4.78 is 1.25. The Morgan fingerprint density at radius 1 is 1.60 bits per heavy atom. The number of aromatic amines is 1. The first-order valence-electron chi connectivity index (χ1n) is 6.71. The van der Waals surface area contributed by atoms with Gasteiger partial charge in [0, 0.05) is 24.0 Å². The van der Waals surface area contributed by atoms with Crippen LogP contribution < -0.4 is 10.6 Å². The van der Waals surface area contributed by atoms with Crippen LogP contribution in [0.4, 0.5) is 5.95 Å². The van der Waals surface area contributed by atoms with Gasteiger partial charge in [0.2, 0.25) is 5.95 Å². The minimum Gasteiger partial charge on any atom is -0.339 e. The largest absolute Gasteiger partial charge is 0.339 e. The maximum atomic E-state index is 5.90. The Morgan fingerprint density at radius 2 is 2.45 bits per heavy atom. The van der Waals surface area contributed by atoms with Crippen molar-refractivity contribution in [1.29, 1.82) is 0 Å². The molecule has 1 aliphatic rings. The predicted molar refractivity (Wildman–Crippen MR) is 91.0 cm³/mol. The number of nitrogens with zero attached hydrogens (tertiary/aromatic N) is 3. The number of H-pyrrole nitrogens is 1. The Hall–Kier alpha value is -0.670. The van der Waals surface area contributed by atoms with Crippen LogP contribution in [0, 0.1) is 8.30 Å². The van der Waals surface area contributed by atoms with Crippen LogP contribution in [-0.4, -0.2) is 34.8 Å². The molecule has 0 saturated carbocycles. The Bertz CT molecular complexity index is 595. The van der Waals surface area contributed by atoms with Gasteiger partial charge in [0.15, 0.2) is 5.82 Å². The van der Waals surface area contributed by atoms with Crippen molar-refractivity contribution in [2.45, 2.75) is 19.8 Å². The van der Waals surface area contributed by atoms with E-state index in [2.05, 4.69) is 61.0 Å². The highest BCUT2D eigenvalue weighted by Crippen LogP contribution is 2.31. The maximum absolute atomic E-state index is 5.90. The zero-order valence-corrected chi connectivity index (χ0v) is 14.4. The summed E-state index contributed by atoms with van der Waals surface area (Å²) in [5, 5.41) is 9.53. The molecule has 2 aromatic heterocycles. The molecule has 2 aromatic rings. The first kappa shape index (κ1) is 14.3. The van der Waals surface area contributed by atoms with Crippen LogP contribution in [0.2, 0.25) is 0 Å². The quantitative estimate of drug-likeness (QED) is 0.774. The van der Waals surface area contributed by atoms with Crippen molar-refractivity contribution in [3.63, 3.8) is 0 Å². The molecule has 7 heteroatoms. The molecule has 3 heterocycles. The van der Waals surface area contributed by atoms with E-state index in [-0.39, 0.29) is 5.41 Å². The molecule has 0 radical (unpaired) electrons. The monoisotopic (exact) mass is 403 g/mol. The Labute approximate surface area is 136 Å². The number of thiophene rings is 1. The van der Waals surface area contributed by atoms with Gasteiger partial charge in [-0.05, 0) is 53.5 Å². The first-order chi connectivity index (χ1) is 9.59. The van der Waals surface area contributed by atoms with E-state index < -0.39 is 0 Å². The highest BCUT2D eigenvalue weighted by molar-refractivity contribution is 14.1. The van der Waals surface area contributed by atoms with Crippen molar-refractivity contribution in [3.05, 3.63) is 14.3 Å². The molecule has 3 N–H and O–H groups in total. The minimum absolute atomic E-state index is 0.177. The lowest BCUT2D eigenvalue weighted by Crippen LogP contribution is -2.46. The van der Waals surface area contributed by atoms with Crippen molar-refractivity contribution < 1.29 is 0 Å². The summed E-state index contributed by atoms with van der Waals surface area (Å²) in [7, 11) is 0. The molecule has 1 aliphatic heterocycles. The number of rotatable bonds is 3. The third-order valence-corrected chi connectivity index (χ3v) is 5.66. The van der Waals surface area contributed by atoms with Crippen LogP contribution in [0.5, 0.6) is 0 Å². The molecule has 3 rings (SSSR count). The summed E-state index contributed by atoms with van der Waals surface area (Å²) >= 11 is 4.04. The topological polar surface area (TPSA) is 70.8 Å². The highest BCUT2D eigenvalue weighted by atomic mass is 127. The van der Waals surface area contributed by atoms with Gasteiger partial charge in [-0.25, -0.2) is 0 Å². The molecule has 0 amide bonds. The summed E-state index contributed by atoms with van der Waals surface area (Å²) in [4.78, 5) is 6.88. The lowest BCUT2D eigenvalue weighted by Gasteiger charge is -2.39. The first-order valence-corrected chi connectivity index (χ1v) is 8.67. The van der Waals surface area contributed by atoms with Crippen molar-refractivity contribution in [2.24, 2.45) is 11.1 Å². The SMILES string of the molecule is CC1(CN)CCCN(c2n[nH]c(-c3csc(I)c3)n2)C1. The predicted octanol–water partition coefficient (Wildman–Crippen LogP) is 2.70. The van der Waals surface area contributed by atoms with E-state index in [1.54, 1.807) is 11.3 Å². The Kier molecular flexibility index (Phi) is 4.00. The zero-order chi connectivity index (χ0) is 14.2. The number of hydrogen-bond donors (Lipinski definition) is 2. The van der Waals surface area contributed by atoms with Crippen molar-refractivity contribution in [2.75, 3.05) is 24.5 Å².